The van der Waals surface area contributed by atoms with Crippen LogP contribution in [-0.4, -0.2) is 47.9 Å². The van der Waals surface area contributed by atoms with Crippen LogP contribution >= 0.6 is 38.5 Å². The van der Waals surface area contributed by atoms with E-state index >= 15 is 0 Å². The van der Waals surface area contributed by atoms with Crippen LogP contribution in [0.4, 0.5) is 0 Å². The molecule has 0 aliphatic heterocycles. The maximum absolute atomic E-state index is 11.3. The van der Waals surface area contributed by atoms with Gasteiger partial charge in [0.1, 0.15) is 5.75 Å². The number of benzene rings is 1. The molecule has 0 radical (unpaired) electrons. The molecule has 0 aliphatic rings. The number of rotatable bonds is 6. The van der Waals surface area contributed by atoms with E-state index in [4.69, 9.17) is 0 Å². The Morgan fingerprint density at radius 2 is 2.00 bits per heavy atom. The van der Waals surface area contributed by atoms with Crippen LogP contribution in [0.25, 0.3) is 0 Å². The van der Waals surface area contributed by atoms with Crippen LogP contribution < -0.4 is 0 Å². The molecule has 0 amide bonds. The van der Waals surface area contributed by atoms with Gasteiger partial charge in [0.2, 0.25) is 0 Å². The number of phenolic OH excluding ortho intramolecular Hbond substituents is 1. The lowest BCUT2D eigenvalue weighted by molar-refractivity contribution is -0.887. The SMILES string of the molecule is C[N+](C)(C)[C@H](CCCc1cc(Br)c(O)c(I)c1)C(=O)O. The smallest absolute Gasteiger partial charge is 0.362 e. The van der Waals surface area contributed by atoms with Crippen molar-refractivity contribution in [3.8, 4) is 5.75 Å². The lowest BCUT2D eigenvalue weighted by Gasteiger charge is -2.31. The maximum Gasteiger partial charge on any atom is 0.362 e. The van der Waals surface area contributed by atoms with Crippen molar-refractivity contribution in [2.45, 2.75) is 25.3 Å². The Balaban J connectivity index is 2.66. The van der Waals surface area contributed by atoms with E-state index in [0.29, 0.717) is 15.4 Å². The molecule has 0 fully saturated rings. The van der Waals surface area contributed by atoms with E-state index in [0.717, 1.165) is 22.0 Å². The predicted molar refractivity (Wildman–Crippen MR) is 90.9 cm³/mol. The molecule has 1 aromatic carbocycles. The van der Waals surface area contributed by atoms with Crippen molar-refractivity contribution in [3.05, 3.63) is 25.7 Å². The minimum absolute atomic E-state index is 0.254. The summed E-state index contributed by atoms with van der Waals surface area (Å²) >= 11 is 5.41. The molecule has 0 unspecified atom stereocenters. The fourth-order valence-corrected chi connectivity index (χ4v) is 3.67. The van der Waals surface area contributed by atoms with E-state index in [1.54, 1.807) is 0 Å². The van der Waals surface area contributed by atoms with Crippen LogP contribution in [0.15, 0.2) is 16.6 Å². The molecule has 0 aromatic heterocycles. The summed E-state index contributed by atoms with van der Waals surface area (Å²) in [6, 6.07) is 3.43. The Hall–Kier alpha value is -0.340. The van der Waals surface area contributed by atoms with Crippen molar-refractivity contribution in [1.29, 1.82) is 0 Å². The molecule has 1 aromatic rings. The van der Waals surface area contributed by atoms with E-state index in [1.165, 1.54) is 0 Å². The van der Waals surface area contributed by atoms with Crippen LogP contribution in [0, 0.1) is 3.57 Å². The Morgan fingerprint density at radius 3 is 2.45 bits per heavy atom. The minimum atomic E-state index is -0.751. The van der Waals surface area contributed by atoms with Gasteiger partial charge in [-0.05, 0) is 69.1 Å². The van der Waals surface area contributed by atoms with Crippen molar-refractivity contribution < 1.29 is 19.5 Å². The van der Waals surface area contributed by atoms with Gasteiger partial charge in [-0.3, -0.25) is 0 Å². The molecule has 0 saturated heterocycles. The number of halogens is 2. The molecule has 0 saturated carbocycles. The highest BCUT2D eigenvalue weighted by Crippen LogP contribution is 2.31. The standard InChI is InChI=1S/C14H19BrINO3/c1-17(2,3)12(14(19)20)6-4-5-9-7-10(15)13(18)11(16)8-9/h7-8,12H,4-6H2,1-3H3,(H-,18,19,20)/p+1/t12-/m1/s1. The quantitative estimate of drug-likeness (QED) is 0.510. The van der Waals surface area contributed by atoms with Gasteiger partial charge in [-0.15, -0.1) is 0 Å². The van der Waals surface area contributed by atoms with Gasteiger partial charge in [0, 0.05) is 6.42 Å². The number of likely N-dealkylation sites (N-methyl/N-ethyl adjacent to an activating group) is 1. The van der Waals surface area contributed by atoms with E-state index in [-0.39, 0.29) is 5.75 Å². The molecule has 2 N–H and O–H groups in total. The number of aromatic hydroxyl groups is 1. The fourth-order valence-electron chi connectivity index (χ4n) is 2.10. The Morgan fingerprint density at radius 1 is 1.40 bits per heavy atom. The zero-order chi connectivity index (χ0) is 15.5. The van der Waals surface area contributed by atoms with Crippen molar-refractivity contribution in [2.75, 3.05) is 21.1 Å². The lowest BCUT2D eigenvalue weighted by atomic mass is 10.0. The first-order valence-electron chi connectivity index (χ1n) is 6.33. The van der Waals surface area contributed by atoms with Gasteiger partial charge in [-0.1, -0.05) is 0 Å². The number of phenols is 1. The number of carboxylic acid groups (broad SMARTS) is 1. The third-order valence-corrected chi connectivity index (χ3v) is 4.67. The molecule has 1 rings (SSSR count). The van der Waals surface area contributed by atoms with E-state index in [2.05, 4.69) is 38.5 Å². The van der Waals surface area contributed by atoms with Crippen LogP contribution in [-0.2, 0) is 11.2 Å². The molecule has 0 spiro atoms. The molecule has 4 nitrogen and oxygen atoms in total. The van der Waals surface area contributed by atoms with E-state index in [9.17, 15) is 15.0 Å². The van der Waals surface area contributed by atoms with Crippen molar-refractivity contribution >= 4 is 44.5 Å². The number of quaternary nitrogens is 1. The number of carboxylic acids is 1. The summed E-state index contributed by atoms with van der Waals surface area (Å²) in [5.74, 6) is -0.497. The lowest BCUT2D eigenvalue weighted by Crippen LogP contribution is -2.49. The monoisotopic (exact) mass is 456 g/mol. The number of aryl methyl sites for hydroxylation is 1. The van der Waals surface area contributed by atoms with Gasteiger partial charge < -0.3 is 14.7 Å². The van der Waals surface area contributed by atoms with Crippen LogP contribution in [0.5, 0.6) is 5.75 Å². The highest BCUT2D eigenvalue weighted by atomic mass is 127. The van der Waals surface area contributed by atoms with Crippen molar-refractivity contribution in [3.63, 3.8) is 0 Å². The summed E-state index contributed by atoms with van der Waals surface area (Å²) < 4.78 is 1.90. The van der Waals surface area contributed by atoms with E-state index in [1.807, 2.05) is 33.3 Å². The first kappa shape index (κ1) is 17.7. The van der Waals surface area contributed by atoms with Gasteiger partial charge in [-0.25, -0.2) is 4.79 Å². The molecule has 0 bridgehead atoms. The average Bonchev–Trinajstić information content (AvgIpc) is 2.29. The van der Waals surface area contributed by atoms with Gasteiger partial charge >= 0.3 is 5.97 Å². The zero-order valence-corrected chi connectivity index (χ0v) is 15.6. The Bertz CT molecular complexity index is 477. The summed E-state index contributed by atoms with van der Waals surface area (Å²) in [5, 5.41) is 19.0. The summed E-state index contributed by atoms with van der Waals surface area (Å²) in [6.45, 7) is 0. The van der Waals surface area contributed by atoms with Gasteiger partial charge in [0.15, 0.2) is 6.04 Å². The number of hydrogen-bond acceptors (Lipinski definition) is 2. The zero-order valence-electron chi connectivity index (χ0n) is 11.9. The van der Waals surface area contributed by atoms with Crippen LogP contribution in [0.3, 0.4) is 0 Å². The number of nitrogens with zero attached hydrogens (tertiary/aromatic N) is 1. The normalized spacial score (nSPS) is 13.2. The van der Waals surface area contributed by atoms with Crippen molar-refractivity contribution in [1.82, 2.24) is 0 Å². The van der Waals surface area contributed by atoms with Crippen LogP contribution in [0.1, 0.15) is 18.4 Å². The Kier molecular flexibility index (Phi) is 6.27. The second-order valence-corrected chi connectivity index (χ2v) is 7.79. The fraction of sp³-hybridized carbons (Fsp3) is 0.500. The molecule has 0 heterocycles. The third-order valence-electron chi connectivity index (χ3n) is 3.24. The number of aliphatic carboxylic acids is 1. The number of carbonyl (C=O) groups is 1. The third kappa shape index (κ3) is 4.89. The number of hydrogen-bond donors (Lipinski definition) is 2. The second kappa shape index (κ2) is 7.09. The van der Waals surface area contributed by atoms with Gasteiger partial charge in [0.05, 0.1) is 29.2 Å². The molecule has 6 heteroatoms. The summed E-state index contributed by atoms with van der Waals surface area (Å²) in [6.07, 6.45) is 2.24. The van der Waals surface area contributed by atoms with Crippen molar-refractivity contribution in [2.24, 2.45) is 0 Å². The maximum atomic E-state index is 11.3. The first-order valence-corrected chi connectivity index (χ1v) is 8.21. The predicted octanol–water partition coefficient (Wildman–Crippen LogP) is 3.24. The average molecular weight is 457 g/mol. The summed E-state index contributed by atoms with van der Waals surface area (Å²) in [5.41, 5.74) is 1.10. The molecular weight excluding hydrogens is 437 g/mol. The minimum Gasteiger partial charge on any atom is -0.506 e. The van der Waals surface area contributed by atoms with Gasteiger partial charge in [0.25, 0.3) is 0 Å². The van der Waals surface area contributed by atoms with Gasteiger partial charge in [-0.2, -0.15) is 0 Å². The highest BCUT2D eigenvalue weighted by Gasteiger charge is 2.30. The second-order valence-electron chi connectivity index (χ2n) is 5.77. The Labute approximate surface area is 141 Å². The summed E-state index contributed by atoms with van der Waals surface area (Å²) in [4.78, 5) is 11.3. The highest BCUT2D eigenvalue weighted by molar-refractivity contribution is 14.1. The van der Waals surface area contributed by atoms with E-state index < -0.39 is 12.0 Å². The first-order chi connectivity index (χ1) is 9.12. The topological polar surface area (TPSA) is 57.5 Å². The molecule has 1 atom stereocenters. The molecule has 0 aliphatic carbocycles. The van der Waals surface area contributed by atoms with Crippen LogP contribution in [0.2, 0.25) is 0 Å². The molecular formula is C14H20BrINO3+. The molecule has 20 heavy (non-hydrogen) atoms. The summed E-state index contributed by atoms with van der Waals surface area (Å²) in [7, 11) is 5.70. The largest absolute Gasteiger partial charge is 0.506 e. The molecule has 112 valence electrons.